The van der Waals surface area contributed by atoms with Crippen LogP contribution >= 0.6 is 0 Å². The highest BCUT2D eigenvalue weighted by Crippen LogP contribution is 2.11. The Morgan fingerprint density at radius 2 is 1.86 bits per heavy atom. The number of imidazole rings is 2. The van der Waals surface area contributed by atoms with Crippen molar-refractivity contribution in [1.82, 2.24) is 23.8 Å². The van der Waals surface area contributed by atoms with Crippen LogP contribution in [0.2, 0.25) is 0 Å². The number of hydrogen-bond donors (Lipinski definition) is 1. The van der Waals surface area contributed by atoms with Gasteiger partial charge in [0.15, 0.2) is 0 Å². The summed E-state index contributed by atoms with van der Waals surface area (Å²) in [5.41, 5.74) is 4.17. The third-order valence-electron chi connectivity index (χ3n) is 5.48. The van der Waals surface area contributed by atoms with E-state index in [0.29, 0.717) is 0 Å². The third-order valence-corrected chi connectivity index (χ3v) is 5.48. The highest BCUT2D eigenvalue weighted by Gasteiger charge is 2.09. The molecule has 6 heteroatoms. The fraction of sp³-hybridized carbons (Fsp3) is 0.391. The van der Waals surface area contributed by atoms with Crippen molar-refractivity contribution in [2.24, 2.45) is 0 Å². The lowest BCUT2D eigenvalue weighted by molar-refractivity contribution is 0.262. The Morgan fingerprint density at radius 1 is 1.03 bits per heavy atom. The molecular weight excluding hydrogens is 362 g/mol. The Hall–Kier alpha value is -2.86. The average Bonchev–Trinajstić information content (AvgIpc) is 3.29. The molecule has 1 aromatic carbocycles. The summed E-state index contributed by atoms with van der Waals surface area (Å²) in [7, 11) is 0. The molecule has 152 valence electrons. The van der Waals surface area contributed by atoms with E-state index in [4.69, 9.17) is 0 Å². The van der Waals surface area contributed by atoms with Gasteiger partial charge in [0.05, 0.1) is 11.0 Å². The first kappa shape index (κ1) is 19.5. The summed E-state index contributed by atoms with van der Waals surface area (Å²) in [5.74, 6) is 0. The van der Waals surface area contributed by atoms with Crippen LogP contribution in [-0.4, -0.2) is 43.5 Å². The Bertz CT molecular complexity index is 1120. The largest absolute Gasteiger partial charge is 0.326 e. The maximum atomic E-state index is 12.2. The molecule has 3 aromatic heterocycles. The summed E-state index contributed by atoms with van der Waals surface area (Å²) < 4.78 is 4.03. The number of hydrogen-bond acceptors (Lipinski definition) is 3. The predicted molar refractivity (Wildman–Crippen MR) is 117 cm³/mol. The minimum absolute atomic E-state index is 0.0131. The number of aryl methyl sites for hydroxylation is 2. The monoisotopic (exact) mass is 391 g/mol. The van der Waals surface area contributed by atoms with Crippen LogP contribution in [0.3, 0.4) is 0 Å². The van der Waals surface area contributed by atoms with Crippen molar-refractivity contribution in [1.29, 1.82) is 0 Å². The standard InChI is InChI=1S/C23H29N5O/c1-2-13-26(14-7-9-19-18-24-22-12-5-6-16-27(19)22)15-8-17-28-21-11-4-3-10-20(21)25-23(28)29/h3-6,10-12,16,18H,2,7-9,13-15,17H2,1H3,(H,25,29). The van der Waals surface area contributed by atoms with Gasteiger partial charge in [-0.2, -0.15) is 0 Å². The van der Waals surface area contributed by atoms with Crippen molar-refractivity contribution in [3.63, 3.8) is 0 Å². The number of benzene rings is 1. The van der Waals surface area contributed by atoms with Crippen LogP contribution in [0.5, 0.6) is 0 Å². The van der Waals surface area contributed by atoms with E-state index in [1.54, 1.807) is 0 Å². The smallest absolute Gasteiger partial charge is 0.306 e. The van der Waals surface area contributed by atoms with Crippen LogP contribution in [0, 0.1) is 0 Å². The quantitative estimate of drug-likeness (QED) is 0.448. The summed E-state index contributed by atoms with van der Waals surface area (Å²) in [6.07, 6.45) is 8.31. The van der Waals surface area contributed by atoms with Crippen molar-refractivity contribution in [2.45, 2.75) is 39.2 Å². The maximum absolute atomic E-state index is 12.2. The predicted octanol–water partition coefficient (Wildman–Crippen LogP) is 3.71. The molecule has 0 saturated carbocycles. The lowest BCUT2D eigenvalue weighted by Gasteiger charge is -2.21. The van der Waals surface area contributed by atoms with Gasteiger partial charge in [-0.15, -0.1) is 0 Å². The Labute approximate surface area is 170 Å². The van der Waals surface area contributed by atoms with Crippen LogP contribution in [0.25, 0.3) is 16.7 Å². The molecule has 29 heavy (non-hydrogen) atoms. The molecule has 1 N–H and O–H groups in total. The van der Waals surface area contributed by atoms with Crippen molar-refractivity contribution < 1.29 is 0 Å². The molecule has 0 aliphatic rings. The molecule has 0 aliphatic heterocycles. The molecule has 4 aromatic rings. The van der Waals surface area contributed by atoms with Crippen molar-refractivity contribution >= 4 is 16.7 Å². The van der Waals surface area contributed by atoms with E-state index in [9.17, 15) is 4.79 Å². The molecule has 6 nitrogen and oxygen atoms in total. The first-order valence-electron chi connectivity index (χ1n) is 10.6. The van der Waals surface area contributed by atoms with Gasteiger partial charge >= 0.3 is 5.69 Å². The molecule has 0 radical (unpaired) electrons. The summed E-state index contributed by atoms with van der Waals surface area (Å²) in [6, 6.07) is 14.0. The number of nitrogens with one attached hydrogen (secondary N) is 1. The molecule has 0 bridgehead atoms. The molecule has 0 unspecified atom stereocenters. The molecule has 0 amide bonds. The van der Waals surface area contributed by atoms with Gasteiger partial charge in [-0.3, -0.25) is 4.57 Å². The average molecular weight is 392 g/mol. The second-order valence-corrected chi connectivity index (χ2v) is 7.58. The van der Waals surface area contributed by atoms with Crippen LogP contribution in [0.1, 0.15) is 31.9 Å². The minimum atomic E-state index is -0.0131. The molecule has 0 fully saturated rings. The highest BCUT2D eigenvalue weighted by molar-refractivity contribution is 5.74. The van der Waals surface area contributed by atoms with E-state index in [2.05, 4.69) is 32.4 Å². The van der Waals surface area contributed by atoms with Crippen molar-refractivity contribution in [3.05, 3.63) is 71.0 Å². The number of aromatic amines is 1. The zero-order valence-corrected chi connectivity index (χ0v) is 17.1. The fourth-order valence-corrected chi connectivity index (χ4v) is 4.09. The van der Waals surface area contributed by atoms with Gasteiger partial charge < -0.3 is 14.3 Å². The Balaban J connectivity index is 1.31. The molecule has 0 spiro atoms. The zero-order chi connectivity index (χ0) is 20.1. The molecule has 0 atom stereocenters. The number of rotatable bonds is 10. The first-order valence-corrected chi connectivity index (χ1v) is 10.6. The van der Waals surface area contributed by atoms with Gasteiger partial charge in [0.1, 0.15) is 5.65 Å². The van der Waals surface area contributed by atoms with Gasteiger partial charge in [-0.25, -0.2) is 9.78 Å². The van der Waals surface area contributed by atoms with Crippen LogP contribution in [-0.2, 0) is 13.0 Å². The van der Waals surface area contributed by atoms with E-state index >= 15 is 0 Å². The van der Waals surface area contributed by atoms with E-state index in [0.717, 1.165) is 68.5 Å². The number of fused-ring (bicyclic) bond motifs is 2. The second kappa shape index (κ2) is 9.09. The Kier molecular flexibility index (Phi) is 6.10. The van der Waals surface area contributed by atoms with Crippen molar-refractivity contribution in [2.75, 3.05) is 19.6 Å². The number of nitrogens with zero attached hydrogens (tertiary/aromatic N) is 4. The number of H-pyrrole nitrogens is 1. The van der Waals surface area contributed by atoms with E-state index in [-0.39, 0.29) is 5.69 Å². The van der Waals surface area contributed by atoms with E-state index in [1.165, 1.54) is 5.69 Å². The highest BCUT2D eigenvalue weighted by atomic mass is 16.1. The Morgan fingerprint density at radius 3 is 2.76 bits per heavy atom. The minimum Gasteiger partial charge on any atom is -0.306 e. The van der Waals surface area contributed by atoms with Crippen LogP contribution < -0.4 is 5.69 Å². The van der Waals surface area contributed by atoms with Gasteiger partial charge in [0, 0.05) is 24.6 Å². The van der Waals surface area contributed by atoms with Gasteiger partial charge in [0.2, 0.25) is 0 Å². The van der Waals surface area contributed by atoms with Gasteiger partial charge in [0.25, 0.3) is 0 Å². The molecule has 0 aliphatic carbocycles. The number of pyridine rings is 1. The SMILES string of the molecule is CCCN(CCCc1cnc2ccccn12)CCCn1c(=O)[nH]c2ccccc21. The second-order valence-electron chi connectivity index (χ2n) is 7.58. The first-order chi connectivity index (χ1) is 14.3. The van der Waals surface area contributed by atoms with Crippen LogP contribution in [0.4, 0.5) is 0 Å². The van der Waals surface area contributed by atoms with Crippen molar-refractivity contribution in [3.8, 4) is 0 Å². The molecule has 0 saturated heterocycles. The van der Waals surface area contributed by atoms with Crippen LogP contribution in [0.15, 0.2) is 59.7 Å². The van der Waals surface area contributed by atoms with Gasteiger partial charge in [-0.1, -0.05) is 25.1 Å². The summed E-state index contributed by atoms with van der Waals surface area (Å²) >= 11 is 0. The molecular formula is C23H29N5O. The van der Waals surface area contributed by atoms with Gasteiger partial charge in [-0.05, 0) is 69.6 Å². The van der Waals surface area contributed by atoms with E-state index < -0.39 is 0 Å². The summed E-state index contributed by atoms with van der Waals surface area (Å²) in [5, 5.41) is 0. The fourth-order valence-electron chi connectivity index (χ4n) is 4.09. The zero-order valence-electron chi connectivity index (χ0n) is 17.1. The number of aromatic nitrogens is 4. The normalized spacial score (nSPS) is 11.8. The molecule has 4 rings (SSSR count). The summed E-state index contributed by atoms with van der Waals surface area (Å²) in [6.45, 7) is 6.14. The lowest BCUT2D eigenvalue weighted by atomic mass is 10.2. The third kappa shape index (κ3) is 4.43. The van der Waals surface area contributed by atoms with E-state index in [1.807, 2.05) is 53.2 Å². The topological polar surface area (TPSA) is 58.3 Å². The maximum Gasteiger partial charge on any atom is 0.326 e. The summed E-state index contributed by atoms with van der Waals surface area (Å²) in [4.78, 5) is 22.2. The molecule has 3 heterocycles. The number of para-hydroxylation sites is 2. The lowest BCUT2D eigenvalue weighted by Crippen LogP contribution is -2.29.